The molecule has 2 aromatic rings. The molecule has 0 heterocycles. The van der Waals surface area contributed by atoms with Gasteiger partial charge in [-0.15, -0.1) is 11.8 Å². The average Bonchev–Trinajstić information content (AvgIpc) is 2.62. The molecule has 0 saturated heterocycles. The summed E-state index contributed by atoms with van der Waals surface area (Å²) >= 11 is 1.67. The molecule has 0 amide bonds. The van der Waals surface area contributed by atoms with Gasteiger partial charge in [-0.1, -0.05) is 49.4 Å². The molecule has 0 aliphatic heterocycles. The van der Waals surface area contributed by atoms with Gasteiger partial charge in [0, 0.05) is 17.2 Å². The first kappa shape index (κ1) is 19.0. The Morgan fingerprint density at radius 1 is 1.08 bits per heavy atom. The van der Waals surface area contributed by atoms with Gasteiger partial charge < -0.3 is 15.2 Å². The van der Waals surface area contributed by atoms with Crippen molar-refractivity contribution in [2.75, 3.05) is 18.9 Å². The van der Waals surface area contributed by atoms with Crippen molar-refractivity contribution < 1.29 is 9.84 Å². The van der Waals surface area contributed by atoms with E-state index in [1.807, 2.05) is 30.3 Å². The number of rotatable bonds is 11. The van der Waals surface area contributed by atoms with Crippen LogP contribution in [0.4, 0.5) is 0 Å². The quantitative estimate of drug-likeness (QED) is 0.479. The molecule has 3 nitrogen and oxygen atoms in total. The zero-order valence-electron chi connectivity index (χ0n) is 14.3. The van der Waals surface area contributed by atoms with Crippen LogP contribution >= 0.6 is 11.8 Å². The maximum absolute atomic E-state index is 10.1. The first-order valence-electron chi connectivity index (χ1n) is 8.50. The monoisotopic (exact) mass is 345 g/mol. The summed E-state index contributed by atoms with van der Waals surface area (Å²) in [5.74, 6) is 0.640. The summed E-state index contributed by atoms with van der Waals surface area (Å²) in [7, 11) is 0. The Bertz CT molecular complexity index is 577. The Hall–Kier alpha value is -1.33. The summed E-state index contributed by atoms with van der Waals surface area (Å²) in [6, 6.07) is 18.5. The van der Waals surface area contributed by atoms with Crippen LogP contribution in [0.1, 0.15) is 24.5 Å². The highest BCUT2D eigenvalue weighted by Gasteiger charge is 2.06. The summed E-state index contributed by atoms with van der Waals surface area (Å²) < 4.78 is 5.59. The van der Waals surface area contributed by atoms with Gasteiger partial charge in [-0.05, 0) is 36.2 Å². The predicted octanol–water partition coefficient (Wildman–Crippen LogP) is 3.86. The van der Waals surface area contributed by atoms with Crippen molar-refractivity contribution in [2.45, 2.75) is 37.5 Å². The third kappa shape index (κ3) is 7.49. The molecule has 0 spiro atoms. The van der Waals surface area contributed by atoms with E-state index in [0.29, 0.717) is 19.0 Å². The lowest BCUT2D eigenvalue weighted by Crippen LogP contribution is -2.18. The van der Waals surface area contributed by atoms with E-state index in [-0.39, 0.29) is 0 Å². The minimum Gasteiger partial charge on any atom is -0.390 e. The molecule has 2 N–H and O–H groups in total. The lowest BCUT2D eigenvalue weighted by molar-refractivity contribution is 0.0398. The van der Waals surface area contributed by atoms with Gasteiger partial charge >= 0.3 is 0 Å². The van der Waals surface area contributed by atoms with Gasteiger partial charge in [-0.25, -0.2) is 0 Å². The third-order valence-corrected chi connectivity index (χ3v) is 4.66. The summed E-state index contributed by atoms with van der Waals surface area (Å²) in [4.78, 5) is 1.19. The number of hydrogen-bond acceptors (Lipinski definition) is 4. The minimum atomic E-state index is -0.458. The standard InChI is InChI=1S/C20H27NO2S/c1-2-11-21-13-18-9-6-10-20(12-18)24-16-19(22)15-23-14-17-7-4-3-5-8-17/h3-10,12,19,21-22H,2,11,13-16H2,1H3. The number of benzene rings is 2. The second-order valence-corrected chi connectivity index (χ2v) is 6.88. The van der Waals surface area contributed by atoms with Crippen molar-refractivity contribution in [1.82, 2.24) is 5.32 Å². The lowest BCUT2D eigenvalue weighted by Gasteiger charge is -2.12. The van der Waals surface area contributed by atoms with Gasteiger partial charge in [0.2, 0.25) is 0 Å². The van der Waals surface area contributed by atoms with Gasteiger partial charge in [-0.2, -0.15) is 0 Å². The van der Waals surface area contributed by atoms with Crippen molar-refractivity contribution in [3.63, 3.8) is 0 Å². The second-order valence-electron chi connectivity index (χ2n) is 5.79. The molecule has 0 fully saturated rings. The molecule has 4 heteroatoms. The van der Waals surface area contributed by atoms with Crippen LogP contribution in [-0.2, 0) is 17.9 Å². The maximum atomic E-state index is 10.1. The highest BCUT2D eigenvalue weighted by Crippen LogP contribution is 2.20. The third-order valence-electron chi connectivity index (χ3n) is 3.52. The Kier molecular flexibility index (Phi) is 8.92. The van der Waals surface area contributed by atoms with E-state index >= 15 is 0 Å². The van der Waals surface area contributed by atoms with E-state index < -0.39 is 6.10 Å². The average molecular weight is 346 g/mol. The summed E-state index contributed by atoms with van der Waals surface area (Å²) in [5, 5.41) is 13.5. The second kappa shape index (κ2) is 11.3. The normalized spacial score (nSPS) is 12.2. The summed E-state index contributed by atoms with van der Waals surface area (Å²) in [5.41, 5.74) is 2.41. The van der Waals surface area contributed by atoms with E-state index in [9.17, 15) is 5.11 Å². The zero-order chi connectivity index (χ0) is 17.0. The molecule has 130 valence electrons. The summed E-state index contributed by atoms with van der Waals surface area (Å²) in [6.07, 6.45) is 0.685. The first-order chi connectivity index (χ1) is 11.8. The van der Waals surface area contributed by atoms with Crippen molar-refractivity contribution >= 4 is 11.8 Å². The molecule has 0 saturated carbocycles. The molecule has 0 aliphatic rings. The molecule has 1 atom stereocenters. The highest BCUT2D eigenvalue weighted by atomic mass is 32.2. The van der Waals surface area contributed by atoms with E-state index in [1.54, 1.807) is 11.8 Å². The van der Waals surface area contributed by atoms with Gasteiger partial charge in [0.25, 0.3) is 0 Å². The number of hydrogen-bond donors (Lipinski definition) is 2. The molecule has 0 radical (unpaired) electrons. The molecule has 0 aliphatic carbocycles. The minimum absolute atomic E-state index is 0.361. The molecule has 2 rings (SSSR count). The fraction of sp³-hybridized carbons (Fsp3) is 0.400. The number of aliphatic hydroxyl groups excluding tert-OH is 1. The van der Waals surface area contributed by atoms with E-state index in [4.69, 9.17) is 4.74 Å². The summed E-state index contributed by atoms with van der Waals surface area (Å²) in [6.45, 7) is 5.00. The fourth-order valence-corrected chi connectivity index (χ4v) is 3.17. The molecule has 24 heavy (non-hydrogen) atoms. The smallest absolute Gasteiger partial charge is 0.0867 e. The highest BCUT2D eigenvalue weighted by molar-refractivity contribution is 7.99. The number of nitrogens with one attached hydrogen (secondary N) is 1. The topological polar surface area (TPSA) is 41.5 Å². The maximum Gasteiger partial charge on any atom is 0.0867 e. The van der Waals surface area contributed by atoms with Crippen LogP contribution in [0.25, 0.3) is 0 Å². The Morgan fingerprint density at radius 2 is 1.88 bits per heavy atom. The van der Waals surface area contributed by atoms with Crippen LogP contribution in [0.3, 0.4) is 0 Å². The first-order valence-corrected chi connectivity index (χ1v) is 9.48. The Balaban J connectivity index is 1.67. The predicted molar refractivity (Wildman–Crippen MR) is 101 cm³/mol. The van der Waals surface area contributed by atoms with Crippen molar-refractivity contribution in [1.29, 1.82) is 0 Å². The molecule has 1 unspecified atom stereocenters. The van der Waals surface area contributed by atoms with E-state index in [1.165, 1.54) is 10.5 Å². The van der Waals surface area contributed by atoms with Crippen LogP contribution < -0.4 is 5.32 Å². The van der Waals surface area contributed by atoms with Crippen molar-refractivity contribution in [2.24, 2.45) is 0 Å². The molecule has 0 aromatic heterocycles. The Labute approximate surface area is 149 Å². The molecular formula is C20H27NO2S. The molecule has 0 bridgehead atoms. The van der Waals surface area contributed by atoms with Gasteiger partial charge in [-0.3, -0.25) is 0 Å². The Morgan fingerprint density at radius 3 is 2.67 bits per heavy atom. The van der Waals surface area contributed by atoms with Gasteiger partial charge in [0.1, 0.15) is 0 Å². The van der Waals surface area contributed by atoms with Gasteiger partial charge in [0.15, 0.2) is 0 Å². The van der Waals surface area contributed by atoms with Crippen LogP contribution in [0, 0.1) is 0 Å². The van der Waals surface area contributed by atoms with Crippen LogP contribution in [-0.4, -0.2) is 30.1 Å². The van der Waals surface area contributed by atoms with Gasteiger partial charge in [0.05, 0.1) is 19.3 Å². The fourth-order valence-electron chi connectivity index (χ4n) is 2.28. The zero-order valence-corrected chi connectivity index (χ0v) is 15.1. The number of thioether (sulfide) groups is 1. The van der Waals surface area contributed by atoms with Crippen LogP contribution in [0.2, 0.25) is 0 Å². The van der Waals surface area contributed by atoms with Crippen LogP contribution in [0.15, 0.2) is 59.5 Å². The molecule has 2 aromatic carbocycles. The molecular weight excluding hydrogens is 318 g/mol. The number of ether oxygens (including phenoxy) is 1. The SMILES string of the molecule is CCCNCc1cccc(SCC(O)COCc2ccccc2)c1. The van der Waals surface area contributed by atoms with Crippen molar-refractivity contribution in [3.8, 4) is 0 Å². The van der Waals surface area contributed by atoms with Crippen molar-refractivity contribution in [3.05, 3.63) is 65.7 Å². The van der Waals surface area contributed by atoms with Crippen LogP contribution in [0.5, 0.6) is 0 Å². The lowest BCUT2D eigenvalue weighted by atomic mass is 10.2. The van der Waals surface area contributed by atoms with E-state index in [2.05, 4.69) is 36.5 Å². The number of aliphatic hydroxyl groups is 1. The van der Waals surface area contributed by atoms with E-state index in [0.717, 1.165) is 25.1 Å². The largest absolute Gasteiger partial charge is 0.390 e.